The second kappa shape index (κ2) is 3.62. The molecule has 0 unspecified atom stereocenters. The molecule has 0 saturated heterocycles. The molecule has 0 bridgehead atoms. The third kappa shape index (κ3) is 2.59. The van der Waals surface area contributed by atoms with E-state index in [4.69, 9.17) is 4.74 Å². The summed E-state index contributed by atoms with van der Waals surface area (Å²) in [6, 6.07) is 6.26. The summed E-state index contributed by atoms with van der Waals surface area (Å²) in [7, 11) is -3.16. The Morgan fingerprint density at radius 1 is 1.46 bits per heavy atom. The normalized spacial score (nSPS) is 10.8. The molecule has 0 aliphatic heterocycles. The van der Waals surface area contributed by atoms with E-state index in [2.05, 4.69) is 6.58 Å². The molecule has 0 aromatic heterocycles. The van der Waals surface area contributed by atoms with E-state index in [1.54, 1.807) is 12.1 Å². The third-order valence-corrected chi connectivity index (χ3v) is 2.56. The molecule has 4 heteroatoms. The molecule has 1 aromatic carbocycles. The van der Waals surface area contributed by atoms with Gasteiger partial charge in [-0.25, -0.2) is 8.42 Å². The van der Waals surface area contributed by atoms with Crippen LogP contribution in [0.1, 0.15) is 0 Å². The molecule has 3 nitrogen and oxygen atoms in total. The van der Waals surface area contributed by atoms with Gasteiger partial charge in [0.25, 0.3) is 0 Å². The van der Waals surface area contributed by atoms with Crippen molar-refractivity contribution in [2.24, 2.45) is 0 Å². The van der Waals surface area contributed by atoms with E-state index in [9.17, 15) is 8.42 Å². The maximum absolute atomic E-state index is 11.1. The fraction of sp³-hybridized carbons (Fsp3) is 0.111. The zero-order valence-corrected chi connectivity index (χ0v) is 8.04. The van der Waals surface area contributed by atoms with Crippen LogP contribution in [0, 0.1) is 0 Å². The van der Waals surface area contributed by atoms with Crippen molar-refractivity contribution >= 4 is 9.84 Å². The molecule has 0 radical (unpaired) electrons. The summed E-state index contributed by atoms with van der Waals surface area (Å²) in [6.07, 6.45) is 2.40. The molecule has 0 atom stereocenters. The quantitative estimate of drug-likeness (QED) is 0.693. The first-order valence-electron chi connectivity index (χ1n) is 3.62. The predicted octanol–water partition coefficient (Wildman–Crippen LogP) is 1.61. The Morgan fingerprint density at radius 2 is 2.15 bits per heavy atom. The van der Waals surface area contributed by atoms with Gasteiger partial charge in [0.1, 0.15) is 5.75 Å². The number of hydrogen-bond acceptors (Lipinski definition) is 3. The minimum absolute atomic E-state index is 0.242. The van der Waals surface area contributed by atoms with Gasteiger partial charge in [0.2, 0.25) is 0 Å². The second-order valence-electron chi connectivity index (χ2n) is 2.53. The average Bonchev–Trinajstić information content (AvgIpc) is 2.04. The molecule has 70 valence electrons. The van der Waals surface area contributed by atoms with Crippen LogP contribution in [-0.2, 0) is 9.84 Å². The van der Waals surface area contributed by atoms with E-state index in [0.717, 1.165) is 6.26 Å². The molecular formula is C9H10O3S. The lowest BCUT2D eigenvalue weighted by molar-refractivity contribution is 0.481. The Hall–Kier alpha value is -1.29. The molecule has 13 heavy (non-hydrogen) atoms. The molecule has 1 rings (SSSR count). The molecular weight excluding hydrogens is 188 g/mol. The van der Waals surface area contributed by atoms with Crippen LogP contribution in [0.3, 0.4) is 0 Å². The van der Waals surface area contributed by atoms with E-state index in [1.807, 2.05) is 0 Å². The monoisotopic (exact) mass is 198 g/mol. The SMILES string of the molecule is C=COc1cccc(S(C)(=O)=O)c1. The van der Waals surface area contributed by atoms with Gasteiger partial charge in [0.15, 0.2) is 9.84 Å². The van der Waals surface area contributed by atoms with Crippen molar-refractivity contribution in [1.82, 2.24) is 0 Å². The number of sulfone groups is 1. The van der Waals surface area contributed by atoms with Gasteiger partial charge in [-0.2, -0.15) is 0 Å². The first kappa shape index (κ1) is 9.80. The Balaban J connectivity index is 3.13. The van der Waals surface area contributed by atoms with Gasteiger partial charge in [-0.15, -0.1) is 0 Å². The van der Waals surface area contributed by atoms with Crippen LogP contribution in [0.5, 0.6) is 5.75 Å². The Kier molecular flexibility index (Phi) is 2.72. The minimum Gasteiger partial charge on any atom is -0.466 e. The summed E-state index contributed by atoms with van der Waals surface area (Å²) in [5.74, 6) is 0.470. The van der Waals surface area contributed by atoms with Crippen molar-refractivity contribution in [3.63, 3.8) is 0 Å². The highest BCUT2D eigenvalue weighted by atomic mass is 32.2. The van der Waals surface area contributed by atoms with E-state index >= 15 is 0 Å². The second-order valence-corrected chi connectivity index (χ2v) is 4.55. The molecule has 0 spiro atoms. The smallest absolute Gasteiger partial charge is 0.175 e. The van der Waals surface area contributed by atoms with E-state index in [0.29, 0.717) is 5.75 Å². The highest BCUT2D eigenvalue weighted by Crippen LogP contribution is 2.17. The number of rotatable bonds is 3. The fourth-order valence-electron chi connectivity index (χ4n) is 0.874. The molecule has 0 aliphatic carbocycles. The molecule has 1 aromatic rings. The van der Waals surface area contributed by atoms with Crippen molar-refractivity contribution in [1.29, 1.82) is 0 Å². The predicted molar refractivity (Wildman–Crippen MR) is 50.4 cm³/mol. The highest BCUT2D eigenvalue weighted by molar-refractivity contribution is 7.90. The van der Waals surface area contributed by atoms with Crippen LogP contribution in [0.25, 0.3) is 0 Å². The molecule has 0 N–H and O–H groups in total. The third-order valence-electron chi connectivity index (χ3n) is 1.45. The Morgan fingerprint density at radius 3 is 2.69 bits per heavy atom. The summed E-state index contributed by atoms with van der Waals surface area (Å²) >= 11 is 0. The van der Waals surface area contributed by atoms with Crippen LogP contribution in [-0.4, -0.2) is 14.7 Å². The fourth-order valence-corrected chi connectivity index (χ4v) is 1.53. The average molecular weight is 198 g/mol. The highest BCUT2D eigenvalue weighted by Gasteiger charge is 2.06. The van der Waals surface area contributed by atoms with Crippen molar-refractivity contribution in [3.05, 3.63) is 37.1 Å². The summed E-state index contributed by atoms with van der Waals surface area (Å²) in [6.45, 7) is 3.38. The van der Waals surface area contributed by atoms with Crippen LogP contribution in [0.15, 0.2) is 42.0 Å². The first-order chi connectivity index (χ1) is 6.04. The molecule has 0 amide bonds. The van der Waals surface area contributed by atoms with Crippen LogP contribution in [0.4, 0.5) is 0 Å². The van der Waals surface area contributed by atoms with Crippen molar-refractivity contribution in [2.75, 3.05) is 6.26 Å². The van der Waals surface area contributed by atoms with E-state index in [1.165, 1.54) is 18.4 Å². The minimum atomic E-state index is -3.16. The molecule has 0 aliphatic rings. The summed E-state index contributed by atoms with van der Waals surface area (Å²) in [4.78, 5) is 0.242. The lowest BCUT2D eigenvalue weighted by Gasteiger charge is -2.01. The van der Waals surface area contributed by atoms with Crippen LogP contribution in [0.2, 0.25) is 0 Å². The van der Waals surface area contributed by atoms with E-state index < -0.39 is 9.84 Å². The van der Waals surface area contributed by atoms with Crippen LogP contribution >= 0.6 is 0 Å². The van der Waals surface area contributed by atoms with Gasteiger partial charge in [0.05, 0.1) is 11.2 Å². The molecule has 0 heterocycles. The standard InChI is InChI=1S/C9H10O3S/c1-3-12-8-5-4-6-9(7-8)13(2,10)11/h3-7H,1H2,2H3. The Labute approximate surface area is 77.6 Å². The number of benzene rings is 1. The maximum atomic E-state index is 11.1. The van der Waals surface area contributed by atoms with Crippen molar-refractivity contribution in [2.45, 2.75) is 4.90 Å². The van der Waals surface area contributed by atoms with E-state index in [-0.39, 0.29) is 4.90 Å². The largest absolute Gasteiger partial charge is 0.466 e. The summed E-state index contributed by atoms with van der Waals surface area (Å²) in [5.41, 5.74) is 0. The zero-order valence-electron chi connectivity index (χ0n) is 7.23. The van der Waals surface area contributed by atoms with Crippen molar-refractivity contribution < 1.29 is 13.2 Å². The lowest BCUT2D eigenvalue weighted by atomic mass is 10.3. The van der Waals surface area contributed by atoms with Crippen molar-refractivity contribution in [3.8, 4) is 5.75 Å². The molecule has 0 saturated carbocycles. The van der Waals surface area contributed by atoms with Gasteiger partial charge in [0, 0.05) is 6.26 Å². The number of ether oxygens (including phenoxy) is 1. The van der Waals surface area contributed by atoms with Gasteiger partial charge < -0.3 is 4.74 Å². The lowest BCUT2D eigenvalue weighted by Crippen LogP contribution is -1.96. The van der Waals surface area contributed by atoms with Gasteiger partial charge in [-0.1, -0.05) is 12.6 Å². The summed E-state index contributed by atoms with van der Waals surface area (Å²) in [5, 5.41) is 0. The summed E-state index contributed by atoms with van der Waals surface area (Å²) < 4.78 is 27.2. The zero-order chi connectivity index (χ0) is 9.90. The van der Waals surface area contributed by atoms with Gasteiger partial charge in [-0.05, 0) is 18.2 Å². The Bertz CT molecular complexity index is 407. The van der Waals surface area contributed by atoms with Crippen LogP contribution < -0.4 is 4.74 Å². The maximum Gasteiger partial charge on any atom is 0.175 e. The topological polar surface area (TPSA) is 43.4 Å². The first-order valence-corrected chi connectivity index (χ1v) is 5.51. The number of hydrogen-bond donors (Lipinski definition) is 0. The molecule has 0 fully saturated rings. The van der Waals surface area contributed by atoms with Gasteiger partial charge >= 0.3 is 0 Å². The van der Waals surface area contributed by atoms with Gasteiger partial charge in [-0.3, -0.25) is 0 Å².